The van der Waals surface area contributed by atoms with Gasteiger partial charge in [0.15, 0.2) is 0 Å². The zero-order valence-corrected chi connectivity index (χ0v) is 15.9. The average molecular weight is 372 g/mol. The summed E-state index contributed by atoms with van der Waals surface area (Å²) in [4.78, 5) is 26.1. The van der Waals surface area contributed by atoms with Crippen molar-refractivity contribution in [3.8, 4) is 0 Å². The minimum absolute atomic E-state index is 0.00237. The predicted molar refractivity (Wildman–Crippen MR) is 112 cm³/mol. The highest BCUT2D eigenvalue weighted by Gasteiger charge is 2.20. The molecule has 4 nitrogen and oxygen atoms in total. The van der Waals surface area contributed by atoms with Crippen LogP contribution in [-0.4, -0.2) is 23.3 Å². The Labute approximate surface area is 165 Å². The van der Waals surface area contributed by atoms with Crippen molar-refractivity contribution in [2.24, 2.45) is 0 Å². The lowest BCUT2D eigenvalue weighted by Crippen LogP contribution is -2.23. The molecule has 4 heteroatoms. The second-order valence-electron chi connectivity index (χ2n) is 7.35. The van der Waals surface area contributed by atoms with Crippen molar-refractivity contribution in [1.29, 1.82) is 0 Å². The maximum absolute atomic E-state index is 12.4. The van der Waals surface area contributed by atoms with Crippen LogP contribution in [0.2, 0.25) is 0 Å². The molecular formula is C24H24N2O2. The molecule has 1 fully saturated rings. The minimum Gasteiger partial charge on any atom is -0.338 e. The number of anilines is 1. The van der Waals surface area contributed by atoms with E-state index in [0.717, 1.165) is 29.8 Å². The van der Waals surface area contributed by atoms with Crippen LogP contribution in [-0.2, 0) is 22.6 Å². The van der Waals surface area contributed by atoms with Gasteiger partial charge >= 0.3 is 0 Å². The van der Waals surface area contributed by atoms with E-state index in [4.69, 9.17) is 0 Å². The van der Waals surface area contributed by atoms with Gasteiger partial charge in [-0.1, -0.05) is 54.6 Å². The molecule has 0 unspecified atom stereocenters. The quantitative estimate of drug-likeness (QED) is 0.691. The molecule has 0 aromatic heterocycles. The molecule has 1 aliphatic heterocycles. The Morgan fingerprint density at radius 1 is 0.929 bits per heavy atom. The molecule has 4 rings (SSSR count). The van der Waals surface area contributed by atoms with Gasteiger partial charge in [0.05, 0.1) is 0 Å². The average Bonchev–Trinajstić information content (AvgIpc) is 3.11. The summed E-state index contributed by atoms with van der Waals surface area (Å²) < 4.78 is 0. The van der Waals surface area contributed by atoms with Crippen LogP contribution in [0.15, 0.2) is 66.7 Å². The highest BCUT2D eigenvalue weighted by molar-refractivity contribution is 5.91. The Morgan fingerprint density at radius 2 is 1.79 bits per heavy atom. The highest BCUT2D eigenvalue weighted by atomic mass is 16.2. The third kappa shape index (κ3) is 4.39. The number of amides is 2. The summed E-state index contributed by atoms with van der Waals surface area (Å²) in [5.41, 5.74) is 2.99. The molecule has 0 bridgehead atoms. The van der Waals surface area contributed by atoms with E-state index in [0.29, 0.717) is 25.8 Å². The number of hydrogen-bond acceptors (Lipinski definition) is 2. The van der Waals surface area contributed by atoms with E-state index in [1.165, 1.54) is 10.8 Å². The zero-order chi connectivity index (χ0) is 19.3. The molecule has 0 radical (unpaired) electrons. The SMILES string of the molecule is O=C(CCc1ccc2ccccc2c1)Nc1cccc(CN2CCCC2=O)c1. The second-order valence-corrected chi connectivity index (χ2v) is 7.35. The molecule has 1 N–H and O–H groups in total. The van der Waals surface area contributed by atoms with E-state index in [9.17, 15) is 9.59 Å². The van der Waals surface area contributed by atoms with E-state index in [1.54, 1.807) is 0 Å². The number of carbonyl (C=O) groups is 2. The summed E-state index contributed by atoms with van der Waals surface area (Å²) >= 11 is 0. The fourth-order valence-corrected chi connectivity index (χ4v) is 3.71. The fourth-order valence-electron chi connectivity index (χ4n) is 3.71. The number of carbonyl (C=O) groups excluding carboxylic acids is 2. The molecule has 0 saturated carbocycles. The summed E-state index contributed by atoms with van der Waals surface area (Å²) in [6.07, 6.45) is 2.72. The lowest BCUT2D eigenvalue weighted by atomic mass is 10.0. The molecule has 142 valence electrons. The van der Waals surface area contributed by atoms with Gasteiger partial charge in [0.25, 0.3) is 0 Å². The Kier molecular flexibility index (Phi) is 5.38. The van der Waals surface area contributed by atoms with E-state index >= 15 is 0 Å². The van der Waals surface area contributed by atoms with Crippen LogP contribution in [0, 0.1) is 0 Å². The van der Waals surface area contributed by atoms with Crippen molar-refractivity contribution in [1.82, 2.24) is 4.90 Å². The van der Waals surface area contributed by atoms with E-state index in [1.807, 2.05) is 41.3 Å². The Morgan fingerprint density at radius 3 is 2.61 bits per heavy atom. The second kappa shape index (κ2) is 8.26. The van der Waals surface area contributed by atoms with Gasteiger partial charge in [-0.2, -0.15) is 0 Å². The third-order valence-corrected chi connectivity index (χ3v) is 5.21. The molecule has 0 aliphatic carbocycles. The first-order valence-corrected chi connectivity index (χ1v) is 9.82. The van der Waals surface area contributed by atoms with Crippen molar-refractivity contribution in [3.63, 3.8) is 0 Å². The first-order chi connectivity index (χ1) is 13.7. The van der Waals surface area contributed by atoms with Crippen LogP contribution in [0.1, 0.15) is 30.4 Å². The van der Waals surface area contributed by atoms with Crippen molar-refractivity contribution < 1.29 is 9.59 Å². The third-order valence-electron chi connectivity index (χ3n) is 5.21. The van der Waals surface area contributed by atoms with Gasteiger partial charge in [-0.25, -0.2) is 0 Å². The van der Waals surface area contributed by atoms with Crippen LogP contribution >= 0.6 is 0 Å². The number of likely N-dealkylation sites (tertiary alicyclic amines) is 1. The number of fused-ring (bicyclic) bond motifs is 1. The smallest absolute Gasteiger partial charge is 0.224 e. The summed E-state index contributed by atoms with van der Waals surface area (Å²) in [6.45, 7) is 1.43. The number of nitrogens with one attached hydrogen (secondary N) is 1. The molecule has 0 spiro atoms. The van der Waals surface area contributed by atoms with E-state index in [2.05, 4.69) is 35.6 Å². The summed E-state index contributed by atoms with van der Waals surface area (Å²) in [5, 5.41) is 5.39. The van der Waals surface area contributed by atoms with Crippen molar-refractivity contribution in [3.05, 3.63) is 77.9 Å². The Hall–Kier alpha value is -3.14. The summed E-state index contributed by atoms with van der Waals surface area (Å²) in [7, 11) is 0. The van der Waals surface area contributed by atoms with Gasteiger partial charge in [-0.05, 0) is 46.9 Å². The van der Waals surface area contributed by atoms with Gasteiger partial charge in [-0.3, -0.25) is 9.59 Å². The van der Waals surface area contributed by atoms with E-state index < -0.39 is 0 Å². The number of rotatable bonds is 6. The van der Waals surface area contributed by atoms with Crippen molar-refractivity contribution in [2.45, 2.75) is 32.2 Å². The number of benzene rings is 3. The maximum atomic E-state index is 12.4. The topological polar surface area (TPSA) is 49.4 Å². The van der Waals surface area contributed by atoms with Crippen LogP contribution in [0.5, 0.6) is 0 Å². The minimum atomic E-state index is 0.00237. The van der Waals surface area contributed by atoms with Gasteiger partial charge in [0, 0.05) is 31.6 Å². The molecule has 0 atom stereocenters. The number of hydrogen-bond donors (Lipinski definition) is 1. The molecule has 1 heterocycles. The van der Waals surface area contributed by atoms with Gasteiger partial charge < -0.3 is 10.2 Å². The van der Waals surface area contributed by atoms with Gasteiger partial charge in [-0.15, -0.1) is 0 Å². The van der Waals surface area contributed by atoms with Crippen LogP contribution < -0.4 is 5.32 Å². The lowest BCUT2D eigenvalue weighted by molar-refractivity contribution is -0.128. The Balaban J connectivity index is 1.34. The molecule has 2 amide bonds. The summed E-state index contributed by atoms with van der Waals surface area (Å²) in [6, 6.07) is 22.4. The molecule has 1 saturated heterocycles. The van der Waals surface area contributed by atoms with Crippen molar-refractivity contribution >= 4 is 28.3 Å². The monoisotopic (exact) mass is 372 g/mol. The Bertz CT molecular complexity index is 1010. The largest absolute Gasteiger partial charge is 0.338 e. The molecule has 3 aromatic carbocycles. The van der Waals surface area contributed by atoms with Crippen LogP contribution in [0.4, 0.5) is 5.69 Å². The standard InChI is InChI=1S/C24H24N2O2/c27-23(13-11-18-10-12-20-6-1-2-7-21(20)15-18)25-22-8-3-5-19(16-22)17-26-14-4-9-24(26)28/h1-3,5-8,10,12,15-16H,4,9,11,13-14,17H2,(H,25,27). The molecule has 28 heavy (non-hydrogen) atoms. The number of nitrogens with zero attached hydrogens (tertiary/aromatic N) is 1. The molecule has 3 aromatic rings. The highest BCUT2D eigenvalue weighted by Crippen LogP contribution is 2.19. The predicted octanol–water partition coefficient (Wildman–Crippen LogP) is 4.53. The zero-order valence-electron chi connectivity index (χ0n) is 15.9. The lowest BCUT2D eigenvalue weighted by Gasteiger charge is -2.16. The van der Waals surface area contributed by atoms with Gasteiger partial charge in [0.1, 0.15) is 0 Å². The van der Waals surface area contributed by atoms with Crippen molar-refractivity contribution in [2.75, 3.05) is 11.9 Å². The maximum Gasteiger partial charge on any atom is 0.224 e. The van der Waals surface area contributed by atoms with Crippen LogP contribution in [0.3, 0.4) is 0 Å². The van der Waals surface area contributed by atoms with Gasteiger partial charge in [0.2, 0.25) is 11.8 Å². The summed E-state index contributed by atoms with van der Waals surface area (Å²) in [5.74, 6) is 0.215. The first kappa shape index (κ1) is 18.2. The number of aryl methyl sites for hydroxylation is 1. The van der Waals surface area contributed by atoms with E-state index in [-0.39, 0.29) is 11.8 Å². The normalized spacial score (nSPS) is 13.9. The molecule has 1 aliphatic rings. The van der Waals surface area contributed by atoms with Crippen LogP contribution in [0.25, 0.3) is 10.8 Å². The molecular weight excluding hydrogens is 348 g/mol. The first-order valence-electron chi connectivity index (χ1n) is 9.82. The fraction of sp³-hybridized carbons (Fsp3) is 0.250.